The first-order valence-electron chi connectivity index (χ1n) is 7.87. The Hall–Kier alpha value is -1.68. The van der Waals surface area contributed by atoms with Crippen molar-refractivity contribution in [1.29, 1.82) is 0 Å². The number of aryl methyl sites for hydroxylation is 1. The van der Waals surface area contributed by atoms with Crippen molar-refractivity contribution in [2.75, 3.05) is 13.2 Å². The lowest BCUT2D eigenvalue weighted by molar-refractivity contribution is -0.160. The van der Waals surface area contributed by atoms with Gasteiger partial charge in [0.25, 0.3) is 0 Å². The third kappa shape index (κ3) is 3.22. The van der Waals surface area contributed by atoms with E-state index in [0.29, 0.717) is 6.61 Å². The fourth-order valence-corrected chi connectivity index (χ4v) is 2.97. The van der Waals surface area contributed by atoms with Gasteiger partial charge >= 0.3 is 5.97 Å². The molecular formula is C18H24O4. The van der Waals surface area contributed by atoms with Crippen LogP contribution in [0.2, 0.25) is 0 Å². The first-order valence-corrected chi connectivity index (χ1v) is 7.87. The van der Waals surface area contributed by atoms with E-state index >= 15 is 0 Å². The average Bonchev–Trinajstić information content (AvgIpc) is 2.48. The van der Waals surface area contributed by atoms with Crippen molar-refractivity contribution in [3.05, 3.63) is 34.9 Å². The van der Waals surface area contributed by atoms with Crippen LogP contribution < -0.4 is 0 Å². The second kappa shape index (κ2) is 7.05. The van der Waals surface area contributed by atoms with E-state index in [-0.39, 0.29) is 18.3 Å². The third-order valence-electron chi connectivity index (χ3n) is 4.12. The molecule has 4 nitrogen and oxygen atoms in total. The van der Waals surface area contributed by atoms with Crippen LogP contribution in [0.4, 0.5) is 0 Å². The quantitative estimate of drug-likeness (QED) is 0.620. The number of esters is 1. The number of carbonyl (C=O) groups is 2. The van der Waals surface area contributed by atoms with Crippen molar-refractivity contribution >= 4 is 11.8 Å². The minimum atomic E-state index is -0.888. The summed E-state index contributed by atoms with van der Waals surface area (Å²) in [5.41, 5.74) is 3.30. The lowest BCUT2D eigenvalue weighted by Gasteiger charge is -2.32. The van der Waals surface area contributed by atoms with Gasteiger partial charge in [-0.1, -0.05) is 32.0 Å². The largest absolute Gasteiger partial charge is 0.465 e. The lowest BCUT2D eigenvalue weighted by Crippen LogP contribution is -2.37. The van der Waals surface area contributed by atoms with Crippen LogP contribution in [0.15, 0.2) is 18.2 Å². The number of hydrogen-bond donors (Lipinski definition) is 0. The van der Waals surface area contributed by atoms with Gasteiger partial charge in [0.15, 0.2) is 5.78 Å². The molecule has 0 fully saturated rings. The highest BCUT2D eigenvalue weighted by atomic mass is 16.5. The van der Waals surface area contributed by atoms with Crippen LogP contribution in [0.1, 0.15) is 43.6 Å². The number of benzene rings is 1. The predicted octanol–water partition coefficient (Wildman–Crippen LogP) is 3.01. The van der Waals surface area contributed by atoms with Crippen LogP contribution in [0, 0.1) is 18.8 Å². The number of Topliss-reactive ketones (excluding diaryl/α,β-unsaturated/α-hetero) is 1. The molecule has 2 unspecified atom stereocenters. The van der Waals surface area contributed by atoms with Gasteiger partial charge in [-0.25, -0.2) is 0 Å². The van der Waals surface area contributed by atoms with Crippen LogP contribution in [-0.2, 0) is 25.5 Å². The van der Waals surface area contributed by atoms with Crippen LogP contribution in [-0.4, -0.2) is 25.0 Å². The average molecular weight is 304 g/mol. The van der Waals surface area contributed by atoms with Crippen molar-refractivity contribution in [3.8, 4) is 0 Å². The second-order valence-corrected chi connectivity index (χ2v) is 5.97. The zero-order chi connectivity index (χ0) is 16.3. The highest BCUT2D eigenvalue weighted by molar-refractivity contribution is 6.00. The van der Waals surface area contributed by atoms with E-state index in [1.54, 1.807) is 20.8 Å². The van der Waals surface area contributed by atoms with E-state index in [2.05, 4.69) is 0 Å². The summed E-state index contributed by atoms with van der Waals surface area (Å²) < 4.78 is 11.0. The number of carbonyl (C=O) groups excluding carboxylic acids is 2. The summed E-state index contributed by atoms with van der Waals surface area (Å²) in [7, 11) is 0. The minimum absolute atomic E-state index is 0.127. The molecule has 0 amide bonds. The Morgan fingerprint density at radius 2 is 2.09 bits per heavy atom. The molecule has 2 atom stereocenters. The Kier molecular flexibility index (Phi) is 5.35. The third-order valence-corrected chi connectivity index (χ3v) is 4.12. The fraction of sp³-hybridized carbons (Fsp3) is 0.556. The molecule has 0 saturated heterocycles. The molecule has 1 aromatic carbocycles. The van der Waals surface area contributed by atoms with Gasteiger partial charge in [0.05, 0.1) is 13.2 Å². The van der Waals surface area contributed by atoms with Crippen LogP contribution in [0.3, 0.4) is 0 Å². The van der Waals surface area contributed by atoms with Crippen molar-refractivity contribution in [1.82, 2.24) is 0 Å². The van der Waals surface area contributed by atoms with Crippen molar-refractivity contribution in [3.63, 3.8) is 0 Å². The highest BCUT2D eigenvalue weighted by Gasteiger charge is 2.41. The van der Waals surface area contributed by atoms with Crippen molar-refractivity contribution in [2.24, 2.45) is 11.8 Å². The molecule has 1 aromatic rings. The Morgan fingerprint density at radius 1 is 1.36 bits per heavy atom. The Labute approximate surface area is 131 Å². The summed E-state index contributed by atoms with van der Waals surface area (Å²) >= 11 is 0. The van der Waals surface area contributed by atoms with Crippen LogP contribution in [0.25, 0.3) is 0 Å². The molecule has 1 heterocycles. The summed E-state index contributed by atoms with van der Waals surface area (Å²) in [5, 5.41) is 0. The summed E-state index contributed by atoms with van der Waals surface area (Å²) in [6, 6.07) is 5.94. The van der Waals surface area contributed by atoms with Gasteiger partial charge in [0.2, 0.25) is 0 Å². The van der Waals surface area contributed by atoms with E-state index in [1.807, 2.05) is 25.1 Å². The molecule has 4 heteroatoms. The number of rotatable bonds is 5. The topological polar surface area (TPSA) is 52.6 Å². The first kappa shape index (κ1) is 16.7. The molecule has 0 spiro atoms. The summed E-state index contributed by atoms with van der Waals surface area (Å²) in [6.45, 7) is 8.17. The maximum absolute atomic E-state index is 12.6. The standard InChI is InChI=1S/C18H24O4/c1-5-21-18(20)15(16(19)11(2)3)17-14-8-6-7-12(4)13(14)9-10-22-17/h6-8,11,15,17H,5,9-10H2,1-4H3. The van der Waals surface area contributed by atoms with Crippen LogP contribution >= 0.6 is 0 Å². The SMILES string of the molecule is CCOC(=O)C(C(=O)C(C)C)C1OCCc2c(C)cccc21. The molecule has 0 radical (unpaired) electrons. The molecule has 0 aliphatic carbocycles. The van der Waals surface area contributed by atoms with Gasteiger partial charge < -0.3 is 9.47 Å². The Bertz CT molecular complexity index is 562. The molecule has 120 valence electrons. The Morgan fingerprint density at radius 3 is 2.73 bits per heavy atom. The fourth-order valence-electron chi connectivity index (χ4n) is 2.97. The molecule has 2 rings (SSSR count). The van der Waals surface area contributed by atoms with Crippen LogP contribution in [0.5, 0.6) is 0 Å². The number of hydrogen-bond acceptors (Lipinski definition) is 4. The smallest absolute Gasteiger partial charge is 0.319 e. The maximum Gasteiger partial charge on any atom is 0.319 e. The van der Waals surface area contributed by atoms with Gasteiger partial charge in [-0.3, -0.25) is 9.59 Å². The van der Waals surface area contributed by atoms with Gasteiger partial charge in [0.1, 0.15) is 12.0 Å². The molecular weight excluding hydrogens is 280 g/mol. The zero-order valence-corrected chi connectivity index (χ0v) is 13.7. The number of ether oxygens (including phenoxy) is 2. The van der Waals surface area contributed by atoms with Gasteiger partial charge in [0, 0.05) is 5.92 Å². The van der Waals surface area contributed by atoms with E-state index in [1.165, 1.54) is 11.1 Å². The molecule has 1 aliphatic heterocycles. The zero-order valence-electron chi connectivity index (χ0n) is 13.7. The molecule has 0 saturated carbocycles. The number of ketones is 1. The predicted molar refractivity (Wildman–Crippen MR) is 83.5 cm³/mol. The molecule has 0 bridgehead atoms. The lowest BCUT2D eigenvalue weighted by atomic mass is 9.82. The van der Waals surface area contributed by atoms with Gasteiger partial charge in [-0.05, 0) is 37.0 Å². The molecule has 1 aliphatic rings. The van der Waals surface area contributed by atoms with Crippen molar-refractivity contribution in [2.45, 2.75) is 40.2 Å². The van der Waals surface area contributed by atoms with E-state index < -0.39 is 18.0 Å². The van der Waals surface area contributed by atoms with Gasteiger partial charge in [-0.15, -0.1) is 0 Å². The van der Waals surface area contributed by atoms with Crippen molar-refractivity contribution < 1.29 is 19.1 Å². The summed E-state index contributed by atoms with van der Waals surface area (Å²) in [4.78, 5) is 24.9. The molecule has 0 N–H and O–H groups in total. The maximum atomic E-state index is 12.6. The van der Waals surface area contributed by atoms with E-state index in [9.17, 15) is 9.59 Å². The summed E-state index contributed by atoms with van der Waals surface area (Å²) in [5.74, 6) is -1.74. The van der Waals surface area contributed by atoms with Gasteiger partial charge in [-0.2, -0.15) is 0 Å². The second-order valence-electron chi connectivity index (χ2n) is 5.97. The minimum Gasteiger partial charge on any atom is -0.465 e. The Balaban J connectivity index is 2.43. The monoisotopic (exact) mass is 304 g/mol. The highest BCUT2D eigenvalue weighted by Crippen LogP contribution is 2.36. The number of fused-ring (bicyclic) bond motifs is 1. The van der Waals surface area contributed by atoms with E-state index in [4.69, 9.17) is 9.47 Å². The van der Waals surface area contributed by atoms with E-state index in [0.717, 1.165) is 12.0 Å². The summed E-state index contributed by atoms with van der Waals surface area (Å²) in [6.07, 6.45) is 0.266. The molecule has 22 heavy (non-hydrogen) atoms. The normalized spacial score (nSPS) is 18.7. The molecule has 0 aromatic heterocycles. The first-order chi connectivity index (χ1) is 10.5.